The Hall–Kier alpha value is -0.390. The van der Waals surface area contributed by atoms with Crippen LogP contribution >= 0.6 is 12.6 Å². The van der Waals surface area contributed by atoms with Crippen molar-refractivity contribution in [2.45, 2.75) is 32.4 Å². The van der Waals surface area contributed by atoms with Crippen molar-refractivity contribution in [1.82, 2.24) is 5.32 Å². The first-order chi connectivity index (χ1) is 6.52. The third-order valence-corrected chi connectivity index (χ3v) is 2.42. The lowest BCUT2D eigenvalue weighted by molar-refractivity contribution is -0.121. The van der Waals surface area contributed by atoms with Crippen molar-refractivity contribution in [3.63, 3.8) is 0 Å². The van der Waals surface area contributed by atoms with Gasteiger partial charge in [-0.2, -0.15) is 12.6 Å². The number of nitrogens with one attached hydrogen (secondary N) is 1. The topological polar surface area (TPSA) is 72.2 Å². The molecule has 2 atom stereocenters. The maximum Gasteiger partial charge on any atom is 0.164 e. The summed E-state index contributed by atoms with van der Waals surface area (Å²) in [5.74, 6) is 0.310. The minimum Gasteiger partial charge on any atom is -0.321 e. The fourth-order valence-electron chi connectivity index (χ4n) is 0.907. The highest BCUT2D eigenvalue weighted by Gasteiger charge is 2.15. The molecule has 0 radical (unpaired) electrons. The number of nitrogens with two attached hydrogens (primary N) is 1. The smallest absolute Gasteiger partial charge is 0.164 e. The van der Waals surface area contributed by atoms with Crippen LogP contribution in [0.1, 0.15) is 20.3 Å². The molecule has 0 aromatic rings. The van der Waals surface area contributed by atoms with E-state index < -0.39 is 6.04 Å². The molecule has 0 aliphatic carbocycles. The predicted octanol–water partition coefficient (Wildman–Crippen LogP) is -0.230. The first-order valence-electron chi connectivity index (χ1n) is 4.68. The summed E-state index contributed by atoms with van der Waals surface area (Å²) >= 11 is 3.92. The third kappa shape index (κ3) is 4.74. The highest BCUT2D eigenvalue weighted by Crippen LogP contribution is 1.91. The van der Waals surface area contributed by atoms with Crippen LogP contribution in [-0.2, 0) is 9.59 Å². The lowest BCUT2D eigenvalue weighted by Gasteiger charge is -2.12. The molecule has 14 heavy (non-hydrogen) atoms. The molecule has 0 aromatic carbocycles. The number of ketones is 2. The van der Waals surface area contributed by atoms with E-state index in [9.17, 15) is 9.59 Å². The largest absolute Gasteiger partial charge is 0.321 e. The molecular formula is C9H18N2O2S. The van der Waals surface area contributed by atoms with Crippen LogP contribution in [0.4, 0.5) is 0 Å². The van der Waals surface area contributed by atoms with Gasteiger partial charge < -0.3 is 11.1 Å². The van der Waals surface area contributed by atoms with Crippen LogP contribution in [0.2, 0.25) is 0 Å². The lowest BCUT2D eigenvalue weighted by Crippen LogP contribution is -2.43. The van der Waals surface area contributed by atoms with Crippen LogP contribution < -0.4 is 11.1 Å². The number of thiol groups is 1. The fraction of sp³-hybridized carbons (Fsp3) is 0.778. The first-order valence-corrected chi connectivity index (χ1v) is 5.31. The van der Waals surface area contributed by atoms with Gasteiger partial charge in [-0.1, -0.05) is 6.92 Å². The van der Waals surface area contributed by atoms with Crippen LogP contribution in [0.3, 0.4) is 0 Å². The standard InChI is InChI=1S/C9H18N2O2S/c1-3-8(12)6(2)11-4-9(13)7(10)5-14/h6-7,11,14H,3-5,10H2,1-2H3/t6-,7-/m0/s1. The zero-order valence-corrected chi connectivity index (χ0v) is 9.51. The summed E-state index contributed by atoms with van der Waals surface area (Å²) in [6, 6.07) is -0.828. The SMILES string of the molecule is CCC(=O)[C@H](C)NCC(=O)[C@@H](N)CS. The molecule has 0 unspecified atom stereocenters. The summed E-state index contributed by atoms with van der Waals surface area (Å²) in [6.45, 7) is 3.67. The number of carbonyl (C=O) groups excluding carboxylic acids is 2. The van der Waals surface area contributed by atoms with Crippen molar-refractivity contribution in [2.24, 2.45) is 5.73 Å². The molecule has 0 aliphatic rings. The van der Waals surface area contributed by atoms with Crippen molar-refractivity contribution in [3.8, 4) is 0 Å². The van der Waals surface area contributed by atoms with Gasteiger partial charge in [-0.3, -0.25) is 9.59 Å². The molecule has 0 rings (SSSR count). The van der Waals surface area contributed by atoms with E-state index in [0.717, 1.165) is 0 Å². The lowest BCUT2D eigenvalue weighted by atomic mass is 10.1. The number of carbonyl (C=O) groups is 2. The Balaban J connectivity index is 3.82. The summed E-state index contributed by atoms with van der Waals surface area (Å²) in [7, 11) is 0. The van der Waals surface area contributed by atoms with Gasteiger partial charge in [0.25, 0.3) is 0 Å². The molecule has 0 spiro atoms. The van der Waals surface area contributed by atoms with E-state index in [1.54, 1.807) is 13.8 Å². The Morgan fingerprint density at radius 1 is 1.43 bits per heavy atom. The number of hydrogen-bond acceptors (Lipinski definition) is 5. The fourth-order valence-corrected chi connectivity index (χ4v) is 1.11. The maximum absolute atomic E-state index is 11.2. The van der Waals surface area contributed by atoms with Crippen molar-refractivity contribution in [2.75, 3.05) is 12.3 Å². The Morgan fingerprint density at radius 2 is 2.00 bits per heavy atom. The van der Waals surface area contributed by atoms with Gasteiger partial charge in [-0.05, 0) is 6.92 Å². The number of hydrogen-bond donors (Lipinski definition) is 3. The van der Waals surface area contributed by atoms with Gasteiger partial charge in [-0.15, -0.1) is 0 Å². The predicted molar refractivity (Wildman–Crippen MR) is 59.6 cm³/mol. The van der Waals surface area contributed by atoms with Gasteiger partial charge in [0, 0.05) is 12.2 Å². The average Bonchev–Trinajstić information content (AvgIpc) is 2.22. The molecule has 5 heteroatoms. The van der Waals surface area contributed by atoms with Crippen LogP contribution in [-0.4, -0.2) is 35.9 Å². The van der Waals surface area contributed by atoms with Crippen LogP contribution in [0.5, 0.6) is 0 Å². The van der Waals surface area contributed by atoms with Gasteiger partial charge in [0.15, 0.2) is 5.78 Å². The highest BCUT2D eigenvalue weighted by atomic mass is 32.1. The summed E-state index contributed by atoms with van der Waals surface area (Å²) in [5, 5.41) is 2.84. The molecule has 4 nitrogen and oxygen atoms in total. The molecule has 0 saturated carbocycles. The van der Waals surface area contributed by atoms with Crippen LogP contribution in [0.15, 0.2) is 0 Å². The molecule has 0 amide bonds. The Labute approximate surface area is 90.0 Å². The number of Topliss-reactive ketones (excluding diaryl/α,β-unsaturated/α-hetero) is 2. The Bertz CT molecular complexity index is 209. The minimum atomic E-state index is -0.547. The molecule has 82 valence electrons. The van der Waals surface area contributed by atoms with Gasteiger partial charge >= 0.3 is 0 Å². The molecular weight excluding hydrogens is 200 g/mol. The van der Waals surface area contributed by atoms with Crippen molar-refractivity contribution >= 4 is 24.2 Å². The summed E-state index contributed by atoms with van der Waals surface area (Å²) in [4.78, 5) is 22.4. The first kappa shape index (κ1) is 13.6. The zero-order chi connectivity index (χ0) is 11.1. The van der Waals surface area contributed by atoms with E-state index in [0.29, 0.717) is 12.2 Å². The van der Waals surface area contributed by atoms with Crippen molar-refractivity contribution < 1.29 is 9.59 Å². The van der Waals surface area contributed by atoms with E-state index in [4.69, 9.17) is 5.73 Å². The average molecular weight is 218 g/mol. The normalized spacial score (nSPS) is 14.9. The molecule has 0 saturated heterocycles. The maximum atomic E-state index is 11.2. The molecule has 0 aromatic heterocycles. The van der Waals surface area contributed by atoms with Crippen molar-refractivity contribution in [3.05, 3.63) is 0 Å². The van der Waals surface area contributed by atoms with Gasteiger partial charge in [0.05, 0.1) is 18.6 Å². The summed E-state index contributed by atoms with van der Waals surface area (Å²) in [5.41, 5.74) is 5.46. The molecule has 0 aliphatic heterocycles. The van der Waals surface area contributed by atoms with Gasteiger partial charge in [0.1, 0.15) is 5.78 Å². The van der Waals surface area contributed by atoms with E-state index in [1.165, 1.54) is 0 Å². The monoisotopic (exact) mass is 218 g/mol. The van der Waals surface area contributed by atoms with E-state index >= 15 is 0 Å². The third-order valence-electron chi connectivity index (χ3n) is 2.02. The Morgan fingerprint density at radius 3 is 2.43 bits per heavy atom. The zero-order valence-electron chi connectivity index (χ0n) is 8.62. The second-order valence-corrected chi connectivity index (χ2v) is 3.54. The highest BCUT2D eigenvalue weighted by molar-refractivity contribution is 7.80. The molecule has 0 fully saturated rings. The molecule has 0 bridgehead atoms. The molecule has 0 heterocycles. The minimum absolute atomic E-state index is 0.0947. The number of rotatable bonds is 7. The summed E-state index contributed by atoms with van der Waals surface area (Å²) < 4.78 is 0. The van der Waals surface area contributed by atoms with E-state index in [-0.39, 0.29) is 24.2 Å². The summed E-state index contributed by atoms with van der Waals surface area (Å²) in [6.07, 6.45) is 0.473. The van der Waals surface area contributed by atoms with Crippen LogP contribution in [0, 0.1) is 0 Å². The van der Waals surface area contributed by atoms with E-state index in [1.807, 2.05) is 0 Å². The van der Waals surface area contributed by atoms with Gasteiger partial charge in [0.2, 0.25) is 0 Å². The second-order valence-electron chi connectivity index (χ2n) is 3.18. The van der Waals surface area contributed by atoms with Crippen molar-refractivity contribution in [1.29, 1.82) is 0 Å². The molecule has 3 N–H and O–H groups in total. The quantitative estimate of drug-likeness (QED) is 0.516. The second kappa shape index (κ2) is 6.98. The van der Waals surface area contributed by atoms with Gasteiger partial charge in [-0.25, -0.2) is 0 Å². The Kier molecular flexibility index (Phi) is 6.78. The van der Waals surface area contributed by atoms with Crippen LogP contribution in [0.25, 0.3) is 0 Å². The van der Waals surface area contributed by atoms with E-state index in [2.05, 4.69) is 17.9 Å².